The SMILES string of the molecule is O=C(O)c1cc2cc(Oc3ccccc3)ccc2oc1=O. The Balaban J connectivity index is 2.05. The van der Waals surface area contributed by atoms with E-state index in [0.717, 1.165) is 0 Å². The van der Waals surface area contributed by atoms with Gasteiger partial charge in [-0.1, -0.05) is 18.2 Å². The molecule has 21 heavy (non-hydrogen) atoms. The molecule has 0 fully saturated rings. The van der Waals surface area contributed by atoms with E-state index >= 15 is 0 Å². The summed E-state index contributed by atoms with van der Waals surface area (Å²) in [6.07, 6.45) is 0. The number of ether oxygens (including phenoxy) is 1. The highest BCUT2D eigenvalue weighted by Crippen LogP contribution is 2.25. The van der Waals surface area contributed by atoms with E-state index in [1.807, 2.05) is 18.2 Å². The van der Waals surface area contributed by atoms with E-state index in [1.54, 1.807) is 30.3 Å². The Morgan fingerprint density at radius 1 is 1.00 bits per heavy atom. The van der Waals surface area contributed by atoms with Gasteiger partial charge in [-0.3, -0.25) is 0 Å². The summed E-state index contributed by atoms with van der Waals surface area (Å²) in [5.74, 6) is -0.133. The van der Waals surface area contributed by atoms with Gasteiger partial charge in [0.25, 0.3) is 0 Å². The second kappa shape index (κ2) is 5.13. The standard InChI is InChI=1S/C16H10O5/c17-15(18)13-9-10-8-12(6-7-14(10)21-16(13)19)20-11-4-2-1-3-5-11/h1-9H,(H,17,18). The van der Waals surface area contributed by atoms with Crippen molar-refractivity contribution in [2.45, 2.75) is 0 Å². The fraction of sp³-hybridized carbons (Fsp3) is 0. The van der Waals surface area contributed by atoms with Gasteiger partial charge >= 0.3 is 11.6 Å². The van der Waals surface area contributed by atoms with Crippen molar-refractivity contribution in [1.29, 1.82) is 0 Å². The van der Waals surface area contributed by atoms with Crippen molar-refractivity contribution in [1.82, 2.24) is 0 Å². The van der Waals surface area contributed by atoms with E-state index in [2.05, 4.69) is 0 Å². The topological polar surface area (TPSA) is 76.7 Å². The van der Waals surface area contributed by atoms with E-state index < -0.39 is 17.2 Å². The second-order valence-corrected chi connectivity index (χ2v) is 4.37. The molecule has 1 heterocycles. The van der Waals surface area contributed by atoms with Gasteiger partial charge in [-0.15, -0.1) is 0 Å². The van der Waals surface area contributed by atoms with Crippen LogP contribution >= 0.6 is 0 Å². The minimum absolute atomic E-state index is 0.311. The molecule has 3 aromatic rings. The lowest BCUT2D eigenvalue weighted by Crippen LogP contribution is -2.12. The van der Waals surface area contributed by atoms with Gasteiger partial charge < -0.3 is 14.3 Å². The van der Waals surface area contributed by atoms with Gasteiger partial charge in [0.05, 0.1) is 0 Å². The molecule has 0 amide bonds. The van der Waals surface area contributed by atoms with Gasteiger partial charge in [0.2, 0.25) is 0 Å². The van der Waals surface area contributed by atoms with Crippen LogP contribution in [-0.2, 0) is 0 Å². The summed E-state index contributed by atoms with van der Waals surface area (Å²) in [6, 6.07) is 15.3. The highest BCUT2D eigenvalue weighted by Gasteiger charge is 2.12. The molecule has 2 aromatic carbocycles. The molecule has 3 rings (SSSR count). The summed E-state index contributed by atoms with van der Waals surface area (Å²) in [5, 5.41) is 9.42. The first-order chi connectivity index (χ1) is 10.1. The lowest BCUT2D eigenvalue weighted by atomic mass is 10.2. The predicted molar refractivity (Wildman–Crippen MR) is 76.0 cm³/mol. The number of carboxylic acid groups (broad SMARTS) is 1. The van der Waals surface area contributed by atoms with Crippen molar-refractivity contribution in [3.05, 3.63) is 70.6 Å². The van der Waals surface area contributed by atoms with Crippen molar-refractivity contribution >= 4 is 16.9 Å². The van der Waals surface area contributed by atoms with Gasteiger partial charge in [0, 0.05) is 5.39 Å². The first-order valence-corrected chi connectivity index (χ1v) is 6.17. The predicted octanol–water partition coefficient (Wildman–Crippen LogP) is 3.28. The van der Waals surface area contributed by atoms with Crippen LogP contribution in [0, 0.1) is 0 Å². The van der Waals surface area contributed by atoms with Crippen molar-refractivity contribution < 1.29 is 19.1 Å². The summed E-state index contributed by atoms with van der Waals surface area (Å²) in [4.78, 5) is 22.4. The summed E-state index contributed by atoms with van der Waals surface area (Å²) < 4.78 is 10.6. The lowest BCUT2D eigenvalue weighted by molar-refractivity contribution is 0.0692. The second-order valence-electron chi connectivity index (χ2n) is 4.37. The first kappa shape index (κ1) is 12.9. The molecular weight excluding hydrogens is 272 g/mol. The van der Waals surface area contributed by atoms with Crippen LogP contribution in [0.3, 0.4) is 0 Å². The molecule has 1 N–H and O–H groups in total. The van der Waals surface area contributed by atoms with Gasteiger partial charge in [-0.25, -0.2) is 9.59 Å². The van der Waals surface area contributed by atoms with Gasteiger partial charge in [0.15, 0.2) is 0 Å². The zero-order valence-electron chi connectivity index (χ0n) is 10.8. The average Bonchev–Trinajstić information content (AvgIpc) is 2.47. The molecule has 104 valence electrons. The van der Waals surface area contributed by atoms with E-state index in [0.29, 0.717) is 22.5 Å². The summed E-state index contributed by atoms with van der Waals surface area (Å²) in [5.41, 5.74) is -0.962. The number of benzene rings is 2. The smallest absolute Gasteiger partial charge is 0.351 e. The maximum Gasteiger partial charge on any atom is 0.351 e. The Morgan fingerprint density at radius 3 is 2.48 bits per heavy atom. The summed E-state index contributed by atoms with van der Waals surface area (Å²) in [6.45, 7) is 0. The molecule has 0 aliphatic heterocycles. The molecule has 0 aliphatic rings. The number of hydrogen-bond donors (Lipinski definition) is 1. The normalized spacial score (nSPS) is 10.5. The highest BCUT2D eigenvalue weighted by atomic mass is 16.5. The number of hydrogen-bond acceptors (Lipinski definition) is 4. The monoisotopic (exact) mass is 282 g/mol. The highest BCUT2D eigenvalue weighted by molar-refractivity contribution is 5.91. The van der Waals surface area contributed by atoms with Crippen LogP contribution < -0.4 is 10.4 Å². The molecule has 0 bridgehead atoms. The van der Waals surface area contributed by atoms with E-state index in [-0.39, 0.29) is 0 Å². The lowest BCUT2D eigenvalue weighted by Gasteiger charge is -2.06. The van der Waals surface area contributed by atoms with Crippen LogP contribution in [0.2, 0.25) is 0 Å². The van der Waals surface area contributed by atoms with Gasteiger partial charge in [0.1, 0.15) is 22.6 Å². The number of carbonyl (C=O) groups is 1. The zero-order valence-corrected chi connectivity index (χ0v) is 10.8. The Hall–Kier alpha value is -3.08. The molecule has 0 saturated heterocycles. The molecule has 0 aliphatic carbocycles. The third-order valence-corrected chi connectivity index (χ3v) is 2.91. The molecule has 0 atom stereocenters. The van der Waals surface area contributed by atoms with E-state index in [1.165, 1.54) is 6.07 Å². The van der Waals surface area contributed by atoms with Gasteiger partial charge in [-0.05, 0) is 36.4 Å². The molecule has 0 spiro atoms. The number of para-hydroxylation sites is 1. The maximum absolute atomic E-state index is 11.5. The molecular formula is C16H10O5. The fourth-order valence-electron chi connectivity index (χ4n) is 1.94. The van der Waals surface area contributed by atoms with Crippen LogP contribution in [-0.4, -0.2) is 11.1 Å². The van der Waals surface area contributed by atoms with Crippen molar-refractivity contribution in [2.75, 3.05) is 0 Å². The minimum atomic E-state index is -1.32. The van der Waals surface area contributed by atoms with Crippen LogP contribution in [0.25, 0.3) is 11.0 Å². The summed E-state index contributed by atoms with van der Waals surface area (Å²) >= 11 is 0. The van der Waals surface area contributed by atoms with Crippen LogP contribution in [0.1, 0.15) is 10.4 Å². The third-order valence-electron chi connectivity index (χ3n) is 2.91. The Bertz CT molecular complexity index is 865. The Labute approximate surface area is 119 Å². The number of rotatable bonds is 3. The zero-order chi connectivity index (χ0) is 14.8. The quantitative estimate of drug-likeness (QED) is 0.746. The fourth-order valence-corrected chi connectivity index (χ4v) is 1.94. The molecule has 5 heteroatoms. The first-order valence-electron chi connectivity index (χ1n) is 6.17. The third kappa shape index (κ3) is 2.62. The van der Waals surface area contributed by atoms with E-state index in [9.17, 15) is 9.59 Å². The largest absolute Gasteiger partial charge is 0.477 e. The van der Waals surface area contributed by atoms with Gasteiger partial charge in [-0.2, -0.15) is 0 Å². The molecule has 0 radical (unpaired) electrons. The Morgan fingerprint density at radius 2 is 1.76 bits per heavy atom. The molecule has 5 nitrogen and oxygen atoms in total. The number of carboxylic acids is 1. The maximum atomic E-state index is 11.5. The Kier molecular flexibility index (Phi) is 3.16. The molecule has 1 aromatic heterocycles. The van der Waals surface area contributed by atoms with E-state index in [4.69, 9.17) is 14.3 Å². The minimum Gasteiger partial charge on any atom is -0.477 e. The summed E-state index contributed by atoms with van der Waals surface area (Å²) in [7, 11) is 0. The van der Waals surface area contributed by atoms with Crippen molar-refractivity contribution in [2.24, 2.45) is 0 Å². The van der Waals surface area contributed by atoms with Crippen molar-refractivity contribution in [3.63, 3.8) is 0 Å². The number of fused-ring (bicyclic) bond motifs is 1. The van der Waals surface area contributed by atoms with Crippen LogP contribution in [0.5, 0.6) is 11.5 Å². The molecule has 0 unspecified atom stereocenters. The average molecular weight is 282 g/mol. The molecule has 0 saturated carbocycles. The van der Waals surface area contributed by atoms with Crippen molar-refractivity contribution in [3.8, 4) is 11.5 Å². The number of aromatic carboxylic acids is 1. The van der Waals surface area contributed by atoms with Crippen LogP contribution in [0.4, 0.5) is 0 Å². The van der Waals surface area contributed by atoms with Crippen LogP contribution in [0.15, 0.2) is 63.8 Å².